The van der Waals surface area contributed by atoms with Crippen LogP contribution in [0.2, 0.25) is 0 Å². The number of aromatic nitrogens is 2. The highest BCUT2D eigenvalue weighted by Crippen LogP contribution is 2.62. The van der Waals surface area contributed by atoms with Gasteiger partial charge in [-0.25, -0.2) is 9.37 Å². The molecule has 2 aromatic carbocycles. The van der Waals surface area contributed by atoms with Crippen molar-refractivity contribution < 1.29 is 13.5 Å². The van der Waals surface area contributed by atoms with Crippen molar-refractivity contribution in [2.24, 2.45) is 5.92 Å². The first-order chi connectivity index (χ1) is 12.0. The Labute approximate surface area is 164 Å². The van der Waals surface area contributed by atoms with Gasteiger partial charge in [0, 0.05) is 40.1 Å². The molecule has 1 aliphatic heterocycles. The second kappa shape index (κ2) is 5.64. The summed E-state index contributed by atoms with van der Waals surface area (Å²) in [4.78, 5) is 4.67. The summed E-state index contributed by atoms with van der Waals surface area (Å²) in [5, 5.41) is 0. The van der Waals surface area contributed by atoms with Crippen LogP contribution in [0.5, 0.6) is 5.75 Å². The number of halogens is 4. The van der Waals surface area contributed by atoms with Gasteiger partial charge in [0.1, 0.15) is 17.4 Å². The fourth-order valence-corrected chi connectivity index (χ4v) is 4.62. The van der Waals surface area contributed by atoms with E-state index in [1.54, 1.807) is 34.7 Å². The summed E-state index contributed by atoms with van der Waals surface area (Å²) in [6, 6.07) is 10.8. The molecule has 0 amide bonds. The van der Waals surface area contributed by atoms with Crippen LogP contribution in [0.3, 0.4) is 0 Å². The SMILES string of the molecule is Fc1cc2nc3n(c2cc1Br)[C@@H](c1ccccc1OC(F)I)[C@@H]1C[C@H]31. The van der Waals surface area contributed by atoms with E-state index >= 15 is 0 Å². The molecule has 1 aromatic heterocycles. The predicted molar refractivity (Wildman–Crippen MR) is 102 cm³/mol. The molecule has 1 saturated carbocycles. The lowest BCUT2D eigenvalue weighted by molar-refractivity contribution is 0.168. The van der Waals surface area contributed by atoms with Gasteiger partial charge in [-0.2, -0.15) is 4.39 Å². The number of hydrogen-bond donors (Lipinski definition) is 0. The lowest BCUT2D eigenvalue weighted by Gasteiger charge is -2.21. The zero-order valence-electron chi connectivity index (χ0n) is 12.8. The molecule has 0 radical (unpaired) electrons. The smallest absolute Gasteiger partial charge is 0.288 e. The fourth-order valence-electron chi connectivity index (χ4n) is 4.01. The number of hydrogen-bond acceptors (Lipinski definition) is 2. The average Bonchev–Trinajstić information content (AvgIpc) is 3.18. The van der Waals surface area contributed by atoms with Gasteiger partial charge in [0.25, 0.3) is 4.36 Å². The minimum atomic E-state index is -1.41. The van der Waals surface area contributed by atoms with Gasteiger partial charge >= 0.3 is 0 Å². The quantitative estimate of drug-likeness (QED) is 0.329. The molecule has 1 fully saturated rings. The number of para-hydroxylation sites is 1. The van der Waals surface area contributed by atoms with E-state index in [9.17, 15) is 8.78 Å². The molecule has 0 spiro atoms. The van der Waals surface area contributed by atoms with Crippen molar-refractivity contribution in [1.29, 1.82) is 0 Å². The Morgan fingerprint density at radius 2 is 2.12 bits per heavy atom. The van der Waals surface area contributed by atoms with Crippen LogP contribution in [-0.4, -0.2) is 13.9 Å². The molecule has 0 saturated heterocycles. The van der Waals surface area contributed by atoms with E-state index in [2.05, 4.69) is 25.5 Å². The van der Waals surface area contributed by atoms with Gasteiger partial charge in [-0.1, -0.05) is 18.2 Å². The molecule has 2 heterocycles. The van der Waals surface area contributed by atoms with Crippen LogP contribution in [0.4, 0.5) is 8.78 Å². The van der Waals surface area contributed by atoms with E-state index in [4.69, 9.17) is 4.74 Å². The number of ether oxygens (including phenoxy) is 1. The first-order valence-corrected chi connectivity index (χ1v) is 9.99. The van der Waals surface area contributed by atoms with Crippen molar-refractivity contribution in [3.8, 4) is 5.75 Å². The van der Waals surface area contributed by atoms with Crippen molar-refractivity contribution in [2.75, 3.05) is 0 Å². The van der Waals surface area contributed by atoms with Crippen molar-refractivity contribution in [1.82, 2.24) is 9.55 Å². The normalized spacial score (nSPS) is 24.9. The second-order valence-electron chi connectivity index (χ2n) is 6.46. The highest BCUT2D eigenvalue weighted by molar-refractivity contribution is 14.1. The van der Waals surface area contributed by atoms with E-state index in [0.29, 0.717) is 27.6 Å². The molecule has 3 nitrogen and oxygen atoms in total. The van der Waals surface area contributed by atoms with E-state index in [0.717, 1.165) is 23.3 Å². The Balaban J connectivity index is 1.71. The maximum Gasteiger partial charge on any atom is 0.288 e. The Kier molecular flexibility index (Phi) is 3.61. The molecule has 3 aromatic rings. The third-order valence-electron chi connectivity index (χ3n) is 5.07. The Morgan fingerprint density at radius 1 is 1.32 bits per heavy atom. The van der Waals surface area contributed by atoms with Gasteiger partial charge in [-0.15, -0.1) is 0 Å². The van der Waals surface area contributed by atoms with Crippen molar-refractivity contribution in [2.45, 2.75) is 22.7 Å². The van der Waals surface area contributed by atoms with Gasteiger partial charge in [0.2, 0.25) is 0 Å². The lowest BCUT2D eigenvalue weighted by Crippen LogP contribution is -2.13. The third kappa shape index (κ3) is 2.42. The fraction of sp³-hybridized carbons (Fsp3) is 0.278. The maximum atomic E-state index is 13.9. The van der Waals surface area contributed by atoms with Crippen LogP contribution in [0.15, 0.2) is 40.9 Å². The molecule has 128 valence electrons. The highest BCUT2D eigenvalue weighted by Gasteiger charge is 2.55. The number of imidazole rings is 1. The molecule has 7 heteroatoms. The third-order valence-corrected chi connectivity index (χ3v) is 5.93. The molecule has 2 aliphatic rings. The minimum Gasteiger partial charge on any atom is -0.451 e. The number of rotatable bonds is 3. The number of nitrogens with zero attached hydrogens (tertiary/aromatic N) is 2. The van der Waals surface area contributed by atoms with Crippen LogP contribution < -0.4 is 4.74 Å². The number of fused-ring (bicyclic) bond motifs is 5. The molecular formula is C18H12BrF2IN2O. The Bertz CT molecular complexity index is 1010. The summed E-state index contributed by atoms with van der Waals surface area (Å²) >= 11 is 4.87. The van der Waals surface area contributed by atoms with Gasteiger partial charge in [-0.05, 0) is 40.4 Å². The topological polar surface area (TPSA) is 27.1 Å². The molecule has 1 aliphatic carbocycles. The van der Waals surface area contributed by atoms with Crippen LogP contribution >= 0.6 is 38.5 Å². The van der Waals surface area contributed by atoms with Crippen LogP contribution in [0.25, 0.3) is 11.0 Å². The molecule has 1 unspecified atom stereocenters. The molecule has 5 rings (SSSR count). The van der Waals surface area contributed by atoms with E-state index < -0.39 is 4.36 Å². The van der Waals surface area contributed by atoms with Gasteiger partial charge in [-0.3, -0.25) is 0 Å². The average molecular weight is 517 g/mol. The Morgan fingerprint density at radius 3 is 2.92 bits per heavy atom. The summed E-state index contributed by atoms with van der Waals surface area (Å²) < 4.78 is 33.9. The van der Waals surface area contributed by atoms with Gasteiger partial charge in [0.05, 0.1) is 21.5 Å². The summed E-state index contributed by atoms with van der Waals surface area (Å²) in [6.45, 7) is 0. The zero-order valence-corrected chi connectivity index (χ0v) is 16.5. The first kappa shape index (κ1) is 16.0. The second-order valence-corrected chi connectivity index (χ2v) is 8.30. The summed E-state index contributed by atoms with van der Waals surface area (Å²) in [5.74, 6) is 2.04. The van der Waals surface area contributed by atoms with Crippen molar-refractivity contribution in [3.05, 3.63) is 58.1 Å². The van der Waals surface area contributed by atoms with Crippen molar-refractivity contribution >= 4 is 49.6 Å². The molecular weight excluding hydrogens is 505 g/mol. The number of alkyl halides is 2. The van der Waals surface area contributed by atoms with Crippen molar-refractivity contribution in [3.63, 3.8) is 0 Å². The highest BCUT2D eigenvalue weighted by atomic mass is 127. The van der Waals surface area contributed by atoms with Gasteiger partial charge in [0.15, 0.2) is 0 Å². The van der Waals surface area contributed by atoms with Gasteiger partial charge < -0.3 is 9.30 Å². The minimum absolute atomic E-state index is 0.0358. The molecule has 4 atom stereocenters. The summed E-state index contributed by atoms with van der Waals surface area (Å²) in [7, 11) is 0. The maximum absolute atomic E-state index is 13.9. The van der Waals surface area contributed by atoms with Crippen LogP contribution in [0.1, 0.15) is 29.8 Å². The van der Waals surface area contributed by atoms with Crippen LogP contribution in [-0.2, 0) is 0 Å². The molecule has 0 bridgehead atoms. The van der Waals surface area contributed by atoms with Crippen LogP contribution in [0, 0.1) is 11.7 Å². The van der Waals surface area contributed by atoms with E-state index in [-0.39, 0.29) is 11.9 Å². The molecule has 0 N–H and O–H groups in total. The zero-order chi connectivity index (χ0) is 17.3. The summed E-state index contributed by atoms with van der Waals surface area (Å²) in [6.07, 6.45) is 1.05. The largest absolute Gasteiger partial charge is 0.451 e. The van der Waals surface area contributed by atoms with E-state index in [1.165, 1.54) is 6.07 Å². The number of benzene rings is 2. The predicted octanol–water partition coefficient (Wildman–Crippen LogP) is 5.71. The standard InChI is InChI=1S/C18H12BrF2IN2O/c19-11-6-14-13(7-12(11)20)23-17-10-5-9(10)16(24(14)17)8-3-1-2-4-15(8)25-18(21)22/h1-4,6-7,9-10,16,18H,5H2/t9-,10+,16+,18?/m1/s1. The molecule has 25 heavy (non-hydrogen) atoms. The summed E-state index contributed by atoms with van der Waals surface area (Å²) in [5.41, 5.74) is 2.50. The Hall–Kier alpha value is -1.22. The lowest BCUT2D eigenvalue weighted by atomic mass is 10.0. The first-order valence-electron chi connectivity index (χ1n) is 7.95. The monoisotopic (exact) mass is 516 g/mol. The van der Waals surface area contributed by atoms with E-state index in [1.807, 2.05) is 18.2 Å².